The lowest BCUT2D eigenvalue weighted by Gasteiger charge is -2.24. The van der Waals surface area contributed by atoms with Crippen LogP contribution in [0.4, 0.5) is 5.69 Å². The molecule has 0 radical (unpaired) electrons. The average molecular weight is 324 g/mol. The van der Waals surface area contributed by atoms with Gasteiger partial charge >= 0.3 is 0 Å². The molecule has 2 aliphatic rings. The molecule has 22 heavy (non-hydrogen) atoms. The molecule has 0 aromatic heterocycles. The van der Waals surface area contributed by atoms with E-state index in [0.29, 0.717) is 41.1 Å². The van der Waals surface area contributed by atoms with Gasteiger partial charge in [-0.15, -0.1) is 0 Å². The molecule has 3 rings (SSSR count). The highest BCUT2D eigenvalue weighted by Gasteiger charge is 2.29. The summed E-state index contributed by atoms with van der Waals surface area (Å²) in [6, 6.07) is 2.07. The summed E-state index contributed by atoms with van der Waals surface area (Å²) in [6.45, 7) is 3.65. The van der Waals surface area contributed by atoms with E-state index in [9.17, 15) is 4.79 Å². The van der Waals surface area contributed by atoms with E-state index in [0.717, 1.165) is 31.4 Å². The quantitative estimate of drug-likeness (QED) is 0.742. The lowest BCUT2D eigenvalue weighted by atomic mass is 10.0. The number of halogens is 1. The number of nitrogens with one attached hydrogen (secondary N) is 2. The number of anilines is 1. The normalized spacial score (nSPS) is 21.3. The van der Waals surface area contributed by atoms with Gasteiger partial charge in [-0.1, -0.05) is 18.5 Å². The number of hydrogen-bond donors (Lipinski definition) is 3. The number of hydrogen-bond acceptors (Lipinski definition) is 4. The van der Waals surface area contributed by atoms with E-state index in [1.54, 1.807) is 6.07 Å². The largest absolute Gasteiger partial charge is 0.492 e. The van der Waals surface area contributed by atoms with Gasteiger partial charge in [-0.3, -0.25) is 4.79 Å². The monoisotopic (exact) mass is 323 g/mol. The number of fused-ring (bicyclic) bond motifs is 1. The van der Waals surface area contributed by atoms with Crippen molar-refractivity contribution in [3.63, 3.8) is 0 Å². The maximum atomic E-state index is 12.7. The summed E-state index contributed by atoms with van der Waals surface area (Å²) in [5.74, 6) is 0.453. The molecule has 5 nitrogen and oxygen atoms in total. The number of ether oxygens (including phenoxy) is 1. The van der Waals surface area contributed by atoms with E-state index in [2.05, 4.69) is 17.6 Å². The molecule has 1 aromatic rings. The molecule has 0 bridgehead atoms. The van der Waals surface area contributed by atoms with Crippen molar-refractivity contribution < 1.29 is 9.53 Å². The second-order valence-corrected chi connectivity index (χ2v) is 6.32. The molecule has 1 amide bonds. The van der Waals surface area contributed by atoms with Crippen LogP contribution < -0.4 is 21.1 Å². The molecule has 2 atom stereocenters. The maximum Gasteiger partial charge on any atom is 0.255 e. The van der Waals surface area contributed by atoms with Gasteiger partial charge in [-0.2, -0.15) is 0 Å². The first-order valence-corrected chi connectivity index (χ1v) is 8.27. The Morgan fingerprint density at radius 3 is 3.14 bits per heavy atom. The Labute approximate surface area is 135 Å². The van der Waals surface area contributed by atoms with E-state index in [1.165, 1.54) is 0 Å². The molecule has 0 saturated carbocycles. The van der Waals surface area contributed by atoms with Crippen molar-refractivity contribution in [2.24, 2.45) is 0 Å². The Morgan fingerprint density at radius 1 is 1.64 bits per heavy atom. The second kappa shape index (κ2) is 6.34. The molecule has 2 heterocycles. The molecular formula is C16H22ClN3O2. The molecule has 0 aliphatic carbocycles. The van der Waals surface area contributed by atoms with Crippen LogP contribution in [0.1, 0.15) is 42.1 Å². The smallest absolute Gasteiger partial charge is 0.255 e. The van der Waals surface area contributed by atoms with Crippen LogP contribution in [0, 0.1) is 0 Å². The average Bonchev–Trinajstić information content (AvgIpc) is 3.19. The van der Waals surface area contributed by atoms with Crippen LogP contribution >= 0.6 is 11.6 Å². The van der Waals surface area contributed by atoms with Crippen molar-refractivity contribution in [1.82, 2.24) is 10.6 Å². The number of benzene rings is 1. The van der Waals surface area contributed by atoms with Crippen LogP contribution in [0.15, 0.2) is 6.07 Å². The lowest BCUT2D eigenvalue weighted by Crippen LogP contribution is -2.47. The number of nitrogens with two attached hydrogens (primary N) is 1. The van der Waals surface area contributed by atoms with Crippen LogP contribution in [0.25, 0.3) is 0 Å². The zero-order valence-electron chi connectivity index (χ0n) is 12.7. The van der Waals surface area contributed by atoms with E-state index >= 15 is 0 Å². The van der Waals surface area contributed by atoms with E-state index < -0.39 is 0 Å². The van der Waals surface area contributed by atoms with Crippen molar-refractivity contribution in [2.45, 2.75) is 44.7 Å². The summed E-state index contributed by atoms with van der Waals surface area (Å²) >= 11 is 6.17. The highest BCUT2D eigenvalue weighted by atomic mass is 35.5. The molecule has 1 aromatic carbocycles. The van der Waals surface area contributed by atoms with Gasteiger partial charge in [0.2, 0.25) is 0 Å². The van der Waals surface area contributed by atoms with E-state index in [4.69, 9.17) is 22.1 Å². The number of rotatable bonds is 4. The minimum Gasteiger partial charge on any atom is -0.492 e. The predicted octanol–water partition coefficient (Wildman–Crippen LogP) is 2.12. The molecule has 1 fully saturated rings. The zero-order chi connectivity index (χ0) is 15.7. The fourth-order valence-corrected chi connectivity index (χ4v) is 3.55. The van der Waals surface area contributed by atoms with E-state index in [1.807, 2.05) is 0 Å². The molecule has 120 valence electrons. The second-order valence-electron chi connectivity index (χ2n) is 5.92. The molecular weight excluding hydrogens is 302 g/mol. The fourth-order valence-electron chi connectivity index (χ4n) is 3.32. The third-order valence-electron chi connectivity index (χ3n) is 4.56. The standard InChI is InChI=1S/C16H22ClN3O2/c1-2-12(13-4-3-6-19-13)20-16(21)10-8-11(17)14(18)9-5-7-22-15(9)10/h8,12-13,19H,2-7,18H2,1H3,(H,20,21). The number of carbonyl (C=O) groups excluding carboxylic acids is 1. The Balaban J connectivity index is 1.83. The zero-order valence-corrected chi connectivity index (χ0v) is 13.5. The Hall–Kier alpha value is -1.46. The molecule has 2 unspecified atom stereocenters. The van der Waals surface area contributed by atoms with Crippen molar-refractivity contribution in [3.8, 4) is 5.75 Å². The Bertz CT molecular complexity index is 585. The van der Waals surface area contributed by atoms with Gasteiger partial charge in [0, 0.05) is 24.1 Å². The third kappa shape index (κ3) is 2.75. The van der Waals surface area contributed by atoms with Crippen LogP contribution in [0.3, 0.4) is 0 Å². The summed E-state index contributed by atoms with van der Waals surface area (Å²) in [6.07, 6.45) is 3.83. The van der Waals surface area contributed by atoms with Crippen LogP contribution in [-0.2, 0) is 6.42 Å². The SMILES string of the molecule is CCC(NC(=O)c1cc(Cl)c(N)c2c1OCC2)C1CCCN1. The van der Waals surface area contributed by atoms with Crippen molar-refractivity contribution in [3.05, 3.63) is 22.2 Å². The Kier molecular flexibility index (Phi) is 4.45. The number of nitrogen functional groups attached to an aromatic ring is 1. The first-order chi connectivity index (χ1) is 10.6. The lowest BCUT2D eigenvalue weighted by molar-refractivity contribution is 0.0924. The fraction of sp³-hybridized carbons (Fsp3) is 0.562. The minimum absolute atomic E-state index is 0.114. The number of carbonyl (C=O) groups is 1. The third-order valence-corrected chi connectivity index (χ3v) is 4.87. The van der Waals surface area contributed by atoms with Crippen molar-refractivity contribution in [1.29, 1.82) is 0 Å². The van der Waals surface area contributed by atoms with Crippen molar-refractivity contribution in [2.75, 3.05) is 18.9 Å². The van der Waals surface area contributed by atoms with Gasteiger partial charge in [-0.05, 0) is 31.9 Å². The Morgan fingerprint density at radius 2 is 2.45 bits per heavy atom. The van der Waals surface area contributed by atoms with Crippen LogP contribution in [-0.4, -0.2) is 31.1 Å². The number of amides is 1. The van der Waals surface area contributed by atoms with Crippen molar-refractivity contribution >= 4 is 23.2 Å². The van der Waals surface area contributed by atoms with Gasteiger partial charge in [0.1, 0.15) is 5.75 Å². The molecule has 1 saturated heterocycles. The van der Waals surface area contributed by atoms with Gasteiger partial charge in [0.05, 0.1) is 22.9 Å². The molecule has 6 heteroatoms. The van der Waals surface area contributed by atoms with Crippen LogP contribution in [0.5, 0.6) is 5.75 Å². The molecule has 4 N–H and O–H groups in total. The minimum atomic E-state index is -0.138. The predicted molar refractivity (Wildman–Crippen MR) is 87.6 cm³/mol. The van der Waals surface area contributed by atoms with E-state index in [-0.39, 0.29) is 11.9 Å². The maximum absolute atomic E-state index is 12.7. The summed E-state index contributed by atoms with van der Waals surface area (Å²) in [4.78, 5) is 12.7. The highest BCUT2D eigenvalue weighted by molar-refractivity contribution is 6.33. The molecule has 0 spiro atoms. The summed E-state index contributed by atoms with van der Waals surface area (Å²) < 4.78 is 5.61. The van der Waals surface area contributed by atoms with Gasteiger partial charge in [0.25, 0.3) is 5.91 Å². The first kappa shape index (κ1) is 15.4. The first-order valence-electron chi connectivity index (χ1n) is 7.89. The van der Waals surface area contributed by atoms with Crippen LogP contribution in [0.2, 0.25) is 5.02 Å². The van der Waals surface area contributed by atoms with Gasteiger partial charge < -0.3 is 21.1 Å². The topological polar surface area (TPSA) is 76.4 Å². The van der Waals surface area contributed by atoms with Gasteiger partial charge in [-0.25, -0.2) is 0 Å². The van der Waals surface area contributed by atoms with Gasteiger partial charge in [0.15, 0.2) is 0 Å². The summed E-state index contributed by atoms with van der Waals surface area (Å²) in [7, 11) is 0. The summed E-state index contributed by atoms with van der Waals surface area (Å²) in [5.41, 5.74) is 7.84. The molecule has 2 aliphatic heterocycles. The highest BCUT2D eigenvalue weighted by Crippen LogP contribution is 2.38. The summed E-state index contributed by atoms with van der Waals surface area (Å²) in [5, 5.41) is 6.98.